The molecule has 19 heavy (non-hydrogen) atoms. The highest BCUT2D eigenvalue weighted by molar-refractivity contribution is 7.89. The number of hydrogen-bond acceptors (Lipinski definition) is 3. The minimum Gasteiger partial charge on any atom is -0.370 e. The zero-order valence-corrected chi connectivity index (χ0v) is 12.3. The van der Waals surface area contributed by atoms with Crippen molar-refractivity contribution in [3.8, 4) is 0 Å². The fraction of sp³-hybridized carbons (Fsp3) is 0.571. The first kappa shape index (κ1) is 14.3. The predicted molar refractivity (Wildman–Crippen MR) is 78.9 cm³/mol. The second kappa shape index (κ2) is 6.39. The van der Waals surface area contributed by atoms with Crippen LogP contribution in [0.4, 0.5) is 5.69 Å². The molecular weight excluding hydrogens is 260 g/mol. The summed E-state index contributed by atoms with van der Waals surface area (Å²) in [5, 5.41) is 0. The van der Waals surface area contributed by atoms with Gasteiger partial charge in [-0.15, -0.1) is 0 Å². The number of para-hydroxylation sites is 1. The molecule has 1 aliphatic heterocycles. The van der Waals surface area contributed by atoms with E-state index in [1.807, 2.05) is 25.1 Å². The van der Waals surface area contributed by atoms with Crippen molar-refractivity contribution in [3.05, 3.63) is 30.3 Å². The van der Waals surface area contributed by atoms with Gasteiger partial charge >= 0.3 is 0 Å². The SMILES string of the molecule is CCCS(=O)(=O)N1CCCN(c2ccccc2)CC1. The maximum Gasteiger partial charge on any atom is 0.214 e. The summed E-state index contributed by atoms with van der Waals surface area (Å²) in [6, 6.07) is 10.2. The average Bonchev–Trinajstić information content (AvgIpc) is 2.66. The maximum absolute atomic E-state index is 12.1. The van der Waals surface area contributed by atoms with Gasteiger partial charge in [-0.25, -0.2) is 12.7 Å². The van der Waals surface area contributed by atoms with Crippen molar-refractivity contribution in [1.29, 1.82) is 0 Å². The Morgan fingerprint density at radius 2 is 1.79 bits per heavy atom. The van der Waals surface area contributed by atoms with E-state index in [4.69, 9.17) is 0 Å². The normalized spacial score (nSPS) is 18.3. The van der Waals surface area contributed by atoms with Gasteiger partial charge in [0.2, 0.25) is 10.0 Å². The standard InChI is InChI=1S/C14H22N2O2S/c1-2-13-19(17,18)16-10-6-9-15(11-12-16)14-7-4-3-5-8-14/h3-5,7-8H,2,6,9-13H2,1H3. The lowest BCUT2D eigenvalue weighted by Crippen LogP contribution is -2.36. The monoisotopic (exact) mass is 282 g/mol. The Bertz CT molecular complexity index is 487. The third-order valence-corrected chi connectivity index (χ3v) is 5.51. The molecule has 1 heterocycles. The Balaban J connectivity index is 2.03. The van der Waals surface area contributed by atoms with Crippen LogP contribution in [-0.2, 0) is 10.0 Å². The van der Waals surface area contributed by atoms with Gasteiger partial charge in [-0.2, -0.15) is 0 Å². The third-order valence-electron chi connectivity index (χ3n) is 3.43. The molecule has 1 aromatic rings. The van der Waals surface area contributed by atoms with Crippen LogP contribution in [0.3, 0.4) is 0 Å². The maximum atomic E-state index is 12.1. The van der Waals surface area contributed by atoms with E-state index >= 15 is 0 Å². The predicted octanol–water partition coefficient (Wildman–Crippen LogP) is 1.94. The molecule has 0 atom stereocenters. The quantitative estimate of drug-likeness (QED) is 0.847. The summed E-state index contributed by atoms with van der Waals surface area (Å²) in [6.07, 6.45) is 1.57. The lowest BCUT2D eigenvalue weighted by molar-refractivity contribution is 0.432. The first-order valence-electron chi connectivity index (χ1n) is 6.91. The molecule has 0 aromatic heterocycles. The molecule has 0 unspecified atom stereocenters. The van der Waals surface area contributed by atoms with Crippen molar-refractivity contribution < 1.29 is 8.42 Å². The van der Waals surface area contributed by atoms with E-state index in [-0.39, 0.29) is 5.75 Å². The summed E-state index contributed by atoms with van der Waals surface area (Å²) in [6.45, 7) is 4.84. The van der Waals surface area contributed by atoms with E-state index < -0.39 is 10.0 Å². The highest BCUT2D eigenvalue weighted by Gasteiger charge is 2.24. The van der Waals surface area contributed by atoms with Crippen molar-refractivity contribution in [3.63, 3.8) is 0 Å². The van der Waals surface area contributed by atoms with Crippen molar-refractivity contribution in [2.75, 3.05) is 36.8 Å². The fourth-order valence-electron chi connectivity index (χ4n) is 2.46. The van der Waals surface area contributed by atoms with Gasteiger partial charge in [-0.3, -0.25) is 0 Å². The minimum atomic E-state index is -3.06. The van der Waals surface area contributed by atoms with Gasteiger partial charge in [0.05, 0.1) is 5.75 Å². The summed E-state index contributed by atoms with van der Waals surface area (Å²) in [5.74, 6) is 0.262. The van der Waals surface area contributed by atoms with Crippen LogP contribution >= 0.6 is 0 Å². The van der Waals surface area contributed by atoms with Gasteiger partial charge < -0.3 is 4.90 Å². The number of rotatable bonds is 4. The van der Waals surface area contributed by atoms with Crippen molar-refractivity contribution >= 4 is 15.7 Å². The Hall–Kier alpha value is -1.07. The first-order valence-corrected chi connectivity index (χ1v) is 8.52. The number of nitrogens with zero attached hydrogens (tertiary/aromatic N) is 2. The molecule has 0 spiro atoms. The van der Waals surface area contributed by atoms with Gasteiger partial charge in [0, 0.05) is 31.9 Å². The van der Waals surface area contributed by atoms with E-state index in [0.717, 1.165) is 19.5 Å². The first-order chi connectivity index (χ1) is 9.13. The van der Waals surface area contributed by atoms with E-state index in [9.17, 15) is 8.42 Å². The van der Waals surface area contributed by atoms with Gasteiger partial charge in [-0.05, 0) is 25.0 Å². The van der Waals surface area contributed by atoms with Crippen molar-refractivity contribution in [2.45, 2.75) is 19.8 Å². The summed E-state index contributed by atoms with van der Waals surface area (Å²) >= 11 is 0. The molecule has 0 bridgehead atoms. The van der Waals surface area contributed by atoms with Gasteiger partial charge in [0.1, 0.15) is 0 Å². The molecular formula is C14H22N2O2S. The molecule has 0 aliphatic carbocycles. The molecule has 4 nitrogen and oxygen atoms in total. The number of sulfonamides is 1. The number of hydrogen-bond donors (Lipinski definition) is 0. The summed E-state index contributed by atoms with van der Waals surface area (Å²) in [7, 11) is -3.06. The number of anilines is 1. The van der Waals surface area contributed by atoms with E-state index in [1.54, 1.807) is 4.31 Å². The summed E-state index contributed by atoms with van der Waals surface area (Å²) in [5.41, 5.74) is 1.18. The average molecular weight is 282 g/mol. The Labute approximate surface area is 116 Å². The van der Waals surface area contributed by atoms with E-state index in [0.29, 0.717) is 19.5 Å². The van der Waals surface area contributed by atoms with Crippen LogP contribution in [0.5, 0.6) is 0 Å². The smallest absolute Gasteiger partial charge is 0.214 e. The zero-order chi connectivity index (χ0) is 13.7. The van der Waals surface area contributed by atoms with Crippen molar-refractivity contribution in [1.82, 2.24) is 4.31 Å². The van der Waals surface area contributed by atoms with Gasteiger partial charge in [-0.1, -0.05) is 25.1 Å². The van der Waals surface area contributed by atoms with Crippen molar-refractivity contribution in [2.24, 2.45) is 0 Å². The third kappa shape index (κ3) is 3.70. The van der Waals surface area contributed by atoms with Crippen LogP contribution in [0.1, 0.15) is 19.8 Å². The molecule has 2 rings (SSSR count). The number of benzene rings is 1. The molecule has 106 valence electrons. The molecule has 0 amide bonds. The minimum absolute atomic E-state index is 0.262. The van der Waals surface area contributed by atoms with Crippen LogP contribution in [0.15, 0.2) is 30.3 Å². The molecule has 0 radical (unpaired) electrons. The molecule has 0 saturated carbocycles. The zero-order valence-electron chi connectivity index (χ0n) is 11.5. The van der Waals surface area contributed by atoms with Crippen LogP contribution < -0.4 is 4.90 Å². The Kier molecular flexibility index (Phi) is 4.82. The van der Waals surface area contributed by atoms with Crippen LogP contribution in [0.2, 0.25) is 0 Å². The highest BCUT2D eigenvalue weighted by Crippen LogP contribution is 2.17. The van der Waals surface area contributed by atoms with E-state index in [1.165, 1.54) is 5.69 Å². The molecule has 0 N–H and O–H groups in total. The Morgan fingerprint density at radius 3 is 2.47 bits per heavy atom. The largest absolute Gasteiger partial charge is 0.370 e. The van der Waals surface area contributed by atoms with Gasteiger partial charge in [0.25, 0.3) is 0 Å². The van der Waals surface area contributed by atoms with Crippen LogP contribution in [-0.4, -0.2) is 44.7 Å². The van der Waals surface area contributed by atoms with Crippen LogP contribution in [0.25, 0.3) is 0 Å². The Morgan fingerprint density at radius 1 is 1.05 bits per heavy atom. The molecule has 1 aliphatic rings. The molecule has 1 fully saturated rings. The van der Waals surface area contributed by atoms with Crippen LogP contribution in [0, 0.1) is 0 Å². The molecule has 5 heteroatoms. The van der Waals surface area contributed by atoms with Gasteiger partial charge in [0.15, 0.2) is 0 Å². The molecule has 1 aromatic carbocycles. The lowest BCUT2D eigenvalue weighted by atomic mass is 10.3. The molecule has 1 saturated heterocycles. The summed E-state index contributed by atoms with van der Waals surface area (Å²) in [4.78, 5) is 2.27. The highest BCUT2D eigenvalue weighted by atomic mass is 32.2. The topological polar surface area (TPSA) is 40.6 Å². The second-order valence-corrected chi connectivity index (χ2v) is 6.98. The second-order valence-electron chi connectivity index (χ2n) is 4.89. The lowest BCUT2D eigenvalue weighted by Gasteiger charge is -2.23. The summed E-state index contributed by atoms with van der Waals surface area (Å²) < 4.78 is 25.8. The fourth-order valence-corrected chi connectivity index (χ4v) is 4.00. The van der Waals surface area contributed by atoms with E-state index in [2.05, 4.69) is 17.0 Å².